The minimum absolute atomic E-state index is 0.0673. The third-order valence-corrected chi connectivity index (χ3v) is 7.13. The van der Waals surface area contributed by atoms with Crippen LogP contribution in [-0.4, -0.2) is 37.5 Å². The second-order valence-corrected chi connectivity index (χ2v) is 9.80. The van der Waals surface area contributed by atoms with Gasteiger partial charge in [0.1, 0.15) is 0 Å². The highest BCUT2D eigenvalue weighted by Gasteiger charge is 2.20. The minimum Gasteiger partial charge on any atom is -0.326 e. The zero-order valence-electron chi connectivity index (χ0n) is 15.7. The molecule has 0 spiro atoms. The number of amides is 2. The normalized spacial score (nSPS) is 13.8. The largest absolute Gasteiger partial charge is 0.326 e. The predicted octanol–water partition coefficient (Wildman–Crippen LogP) is 3.13. The number of hydrogen-bond acceptors (Lipinski definition) is 6. The maximum absolute atomic E-state index is 12.6. The van der Waals surface area contributed by atoms with E-state index in [1.54, 1.807) is 30.3 Å². The van der Waals surface area contributed by atoms with E-state index in [1.165, 1.54) is 30.8 Å². The summed E-state index contributed by atoms with van der Waals surface area (Å²) in [5.74, 6) is -0.393. The lowest BCUT2D eigenvalue weighted by Crippen LogP contribution is -2.18. The summed E-state index contributed by atoms with van der Waals surface area (Å²) < 4.78 is 25.2. The molecule has 2 aromatic carbocycles. The van der Waals surface area contributed by atoms with Crippen LogP contribution in [-0.2, 0) is 19.4 Å². The van der Waals surface area contributed by atoms with E-state index in [0.29, 0.717) is 29.1 Å². The number of anilines is 2. The van der Waals surface area contributed by atoms with Gasteiger partial charge in [0.05, 0.1) is 16.3 Å². The molecule has 2 N–H and O–H groups in total. The molecule has 0 fully saturated rings. The molecule has 2 aromatic rings. The number of hydrogen-bond donors (Lipinski definition) is 2. The molecular formula is C20H20N2O5S2. The fraction of sp³-hybridized carbons (Fsp3) is 0.250. The molecule has 0 radical (unpaired) electrons. The van der Waals surface area contributed by atoms with E-state index < -0.39 is 15.7 Å². The van der Waals surface area contributed by atoms with Crippen LogP contribution < -0.4 is 10.6 Å². The van der Waals surface area contributed by atoms with Gasteiger partial charge >= 0.3 is 0 Å². The lowest BCUT2D eigenvalue weighted by molar-refractivity contribution is -0.116. The lowest BCUT2D eigenvalue weighted by Gasteiger charge is -2.10. The van der Waals surface area contributed by atoms with Crippen LogP contribution in [0, 0.1) is 0 Å². The molecule has 0 saturated carbocycles. The van der Waals surface area contributed by atoms with Gasteiger partial charge in [0, 0.05) is 34.7 Å². The summed E-state index contributed by atoms with van der Waals surface area (Å²) in [5, 5.41) is 5.34. The molecule has 152 valence electrons. The second kappa shape index (κ2) is 8.79. The average Bonchev–Trinajstić information content (AvgIpc) is 2.86. The Kier molecular flexibility index (Phi) is 6.39. The van der Waals surface area contributed by atoms with Crippen molar-refractivity contribution in [3.05, 3.63) is 48.0 Å². The standard InChI is InChI=1S/C20H20N2O5S2/c1-13(23)14-2-4-15(5-3-14)21-20(25)9-11-29(26,27)16-6-7-18-17(12-16)22-19(24)8-10-28-18/h2-7,12H,8-11H2,1H3,(H,21,25)(H,22,24). The Morgan fingerprint density at radius 1 is 1.14 bits per heavy atom. The number of thioether (sulfide) groups is 1. The number of sulfone groups is 1. The van der Waals surface area contributed by atoms with Crippen LogP contribution in [0.4, 0.5) is 11.4 Å². The molecule has 1 heterocycles. The maximum atomic E-state index is 12.6. The zero-order chi connectivity index (χ0) is 21.0. The molecule has 1 aliphatic rings. The minimum atomic E-state index is -3.69. The number of Topliss-reactive ketones (excluding diaryl/α,β-unsaturated/α-hetero) is 1. The van der Waals surface area contributed by atoms with Crippen LogP contribution in [0.15, 0.2) is 52.3 Å². The first kappa shape index (κ1) is 21.1. The Morgan fingerprint density at radius 2 is 1.86 bits per heavy atom. The molecule has 29 heavy (non-hydrogen) atoms. The highest BCUT2D eigenvalue weighted by atomic mass is 32.2. The molecule has 0 atom stereocenters. The second-order valence-electron chi connectivity index (χ2n) is 6.56. The number of fused-ring (bicyclic) bond motifs is 1. The summed E-state index contributed by atoms with van der Waals surface area (Å²) >= 11 is 1.49. The van der Waals surface area contributed by atoms with Crippen LogP contribution in [0.1, 0.15) is 30.1 Å². The van der Waals surface area contributed by atoms with Crippen LogP contribution in [0.5, 0.6) is 0 Å². The highest BCUT2D eigenvalue weighted by molar-refractivity contribution is 7.99. The van der Waals surface area contributed by atoms with Gasteiger partial charge in [-0.1, -0.05) is 0 Å². The van der Waals surface area contributed by atoms with E-state index in [9.17, 15) is 22.8 Å². The monoisotopic (exact) mass is 432 g/mol. The Bertz CT molecular complexity index is 1060. The van der Waals surface area contributed by atoms with Crippen molar-refractivity contribution in [3.8, 4) is 0 Å². The number of benzene rings is 2. The van der Waals surface area contributed by atoms with E-state index >= 15 is 0 Å². The molecule has 0 aliphatic carbocycles. The molecule has 3 rings (SSSR count). The maximum Gasteiger partial charge on any atom is 0.225 e. The highest BCUT2D eigenvalue weighted by Crippen LogP contribution is 2.33. The van der Waals surface area contributed by atoms with E-state index in [-0.39, 0.29) is 28.8 Å². The molecule has 0 saturated heterocycles. The number of ketones is 1. The average molecular weight is 433 g/mol. The molecule has 0 aromatic heterocycles. The van der Waals surface area contributed by atoms with Crippen molar-refractivity contribution in [2.75, 3.05) is 22.1 Å². The van der Waals surface area contributed by atoms with Crippen LogP contribution >= 0.6 is 11.8 Å². The quantitative estimate of drug-likeness (QED) is 0.679. The van der Waals surface area contributed by atoms with Gasteiger partial charge in [-0.3, -0.25) is 14.4 Å². The summed E-state index contributed by atoms with van der Waals surface area (Å²) in [6, 6.07) is 11.0. The smallest absolute Gasteiger partial charge is 0.225 e. The summed E-state index contributed by atoms with van der Waals surface area (Å²) in [7, 11) is -3.69. The summed E-state index contributed by atoms with van der Waals surface area (Å²) in [6.45, 7) is 1.45. The van der Waals surface area contributed by atoms with Gasteiger partial charge in [0.2, 0.25) is 11.8 Å². The Balaban J connectivity index is 1.64. The van der Waals surface area contributed by atoms with Crippen LogP contribution in [0.25, 0.3) is 0 Å². The molecule has 7 nitrogen and oxygen atoms in total. The van der Waals surface area contributed by atoms with Crippen molar-refractivity contribution in [1.82, 2.24) is 0 Å². The van der Waals surface area contributed by atoms with Gasteiger partial charge in [-0.2, -0.15) is 0 Å². The van der Waals surface area contributed by atoms with Crippen molar-refractivity contribution in [1.29, 1.82) is 0 Å². The lowest BCUT2D eigenvalue weighted by atomic mass is 10.1. The van der Waals surface area contributed by atoms with Crippen molar-refractivity contribution < 1.29 is 22.8 Å². The SMILES string of the molecule is CC(=O)c1ccc(NC(=O)CCS(=O)(=O)c2ccc3c(c2)NC(=O)CCS3)cc1. The van der Waals surface area contributed by atoms with Crippen molar-refractivity contribution >= 4 is 50.6 Å². The van der Waals surface area contributed by atoms with Gasteiger partial charge < -0.3 is 10.6 Å². The Morgan fingerprint density at radius 3 is 2.55 bits per heavy atom. The molecule has 0 bridgehead atoms. The van der Waals surface area contributed by atoms with Crippen molar-refractivity contribution in [3.63, 3.8) is 0 Å². The first-order valence-corrected chi connectivity index (χ1v) is 11.6. The zero-order valence-corrected chi connectivity index (χ0v) is 17.4. The fourth-order valence-corrected chi connectivity index (χ4v) is 4.95. The number of rotatable bonds is 6. The van der Waals surface area contributed by atoms with Gasteiger partial charge in [-0.25, -0.2) is 8.42 Å². The molecule has 0 unspecified atom stereocenters. The summed E-state index contributed by atoms with van der Waals surface area (Å²) in [6.07, 6.45) is 0.157. The summed E-state index contributed by atoms with van der Waals surface area (Å²) in [4.78, 5) is 36.0. The first-order valence-electron chi connectivity index (χ1n) is 8.95. The fourth-order valence-electron chi connectivity index (χ4n) is 2.75. The van der Waals surface area contributed by atoms with E-state index in [1.807, 2.05) is 0 Å². The number of nitrogens with one attached hydrogen (secondary N) is 2. The Labute approximate surface area is 173 Å². The van der Waals surface area contributed by atoms with Gasteiger partial charge in [0.25, 0.3) is 0 Å². The van der Waals surface area contributed by atoms with Crippen molar-refractivity contribution in [2.45, 2.75) is 29.6 Å². The van der Waals surface area contributed by atoms with E-state index in [2.05, 4.69) is 10.6 Å². The number of carbonyl (C=O) groups is 3. The molecule has 1 aliphatic heterocycles. The molecule has 9 heteroatoms. The third-order valence-electron chi connectivity index (χ3n) is 4.34. The van der Waals surface area contributed by atoms with E-state index in [0.717, 1.165) is 4.90 Å². The van der Waals surface area contributed by atoms with Gasteiger partial charge in [-0.15, -0.1) is 11.8 Å². The van der Waals surface area contributed by atoms with Gasteiger partial charge in [0.15, 0.2) is 15.6 Å². The molecule has 2 amide bonds. The van der Waals surface area contributed by atoms with Crippen molar-refractivity contribution in [2.24, 2.45) is 0 Å². The Hall–Kier alpha value is -2.65. The predicted molar refractivity (Wildman–Crippen MR) is 112 cm³/mol. The summed E-state index contributed by atoms with van der Waals surface area (Å²) in [5.41, 5.74) is 1.50. The van der Waals surface area contributed by atoms with E-state index in [4.69, 9.17) is 0 Å². The third kappa shape index (κ3) is 5.45. The van der Waals surface area contributed by atoms with Gasteiger partial charge in [-0.05, 0) is 49.4 Å². The number of carbonyl (C=O) groups excluding carboxylic acids is 3. The molecular weight excluding hydrogens is 412 g/mol. The first-order chi connectivity index (χ1) is 13.7. The van der Waals surface area contributed by atoms with Crippen LogP contribution in [0.2, 0.25) is 0 Å². The van der Waals surface area contributed by atoms with Crippen LogP contribution in [0.3, 0.4) is 0 Å². The topological polar surface area (TPSA) is 109 Å².